The lowest BCUT2D eigenvalue weighted by Crippen LogP contribution is -2.49. The van der Waals surface area contributed by atoms with Crippen molar-refractivity contribution in [2.75, 3.05) is 39.3 Å². The highest BCUT2D eigenvalue weighted by Crippen LogP contribution is 2.35. The van der Waals surface area contributed by atoms with Gasteiger partial charge in [0.25, 0.3) is 0 Å². The van der Waals surface area contributed by atoms with Gasteiger partial charge in [-0.1, -0.05) is 36.7 Å². The van der Waals surface area contributed by atoms with Crippen LogP contribution in [0.2, 0.25) is 5.02 Å². The molecular formula is C18H24ClN3OS. The summed E-state index contributed by atoms with van der Waals surface area (Å²) in [5, 5.41) is 5.00. The first-order valence-electron chi connectivity index (χ1n) is 8.54. The third-order valence-electron chi connectivity index (χ3n) is 4.37. The summed E-state index contributed by atoms with van der Waals surface area (Å²) in [5.74, 6) is 0.137. The Hall–Kier alpha value is -1.14. The van der Waals surface area contributed by atoms with Gasteiger partial charge in [0.2, 0.25) is 5.91 Å². The number of thiophene rings is 1. The van der Waals surface area contributed by atoms with Crippen molar-refractivity contribution < 1.29 is 4.79 Å². The highest BCUT2D eigenvalue weighted by atomic mass is 35.5. The van der Waals surface area contributed by atoms with Gasteiger partial charge in [-0.3, -0.25) is 14.6 Å². The van der Waals surface area contributed by atoms with E-state index in [1.165, 1.54) is 9.58 Å². The van der Waals surface area contributed by atoms with Gasteiger partial charge < -0.3 is 5.32 Å². The van der Waals surface area contributed by atoms with E-state index in [2.05, 4.69) is 40.2 Å². The number of nitrogens with zero attached hydrogens (tertiary/aromatic N) is 2. The average molecular weight is 366 g/mol. The molecule has 130 valence electrons. The van der Waals surface area contributed by atoms with Gasteiger partial charge in [-0.15, -0.1) is 11.3 Å². The minimum absolute atomic E-state index is 0.137. The molecule has 0 saturated carbocycles. The average Bonchev–Trinajstić information content (AvgIpc) is 2.91. The number of rotatable bonds is 6. The summed E-state index contributed by atoms with van der Waals surface area (Å²) in [4.78, 5) is 17.7. The molecule has 1 aromatic carbocycles. The van der Waals surface area contributed by atoms with Crippen molar-refractivity contribution in [1.29, 1.82) is 0 Å². The molecule has 0 bridgehead atoms. The first-order valence-corrected chi connectivity index (χ1v) is 9.74. The van der Waals surface area contributed by atoms with Gasteiger partial charge >= 0.3 is 0 Å². The van der Waals surface area contributed by atoms with Crippen molar-refractivity contribution in [1.82, 2.24) is 15.1 Å². The van der Waals surface area contributed by atoms with Gasteiger partial charge in [-0.2, -0.15) is 0 Å². The van der Waals surface area contributed by atoms with Gasteiger partial charge in [0.15, 0.2) is 0 Å². The first kappa shape index (κ1) is 17.7. The fourth-order valence-electron chi connectivity index (χ4n) is 3.00. The Morgan fingerprint density at radius 3 is 2.62 bits per heavy atom. The Morgan fingerprint density at radius 1 is 1.21 bits per heavy atom. The molecule has 1 aromatic heterocycles. The number of hydrogen-bond donors (Lipinski definition) is 1. The van der Waals surface area contributed by atoms with Crippen LogP contribution in [0, 0.1) is 0 Å². The lowest BCUT2D eigenvalue weighted by molar-refractivity contribution is -0.122. The molecule has 1 fully saturated rings. The summed E-state index contributed by atoms with van der Waals surface area (Å²) >= 11 is 8.33. The summed E-state index contributed by atoms with van der Waals surface area (Å²) in [6.45, 7) is 8.06. The second kappa shape index (κ2) is 8.30. The van der Waals surface area contributed by atoms with E-state index in [1.54, 1.807) is 11.3 Å². The van der Waals surface area contributed by atoms with E-state index < -0.39 is 0 Å². The zero-order chi connectivity index (χ0) is 16.9. The largest absolute Gasteiger partial charge is 0.355 e. The third-order valence-corrected chi connectivity index (χ3v) is 6.07. The molecule has 2 aromatic rings. The molecule has 0 radical (unpaired) electrons. The maximum Gasteiger partial charge on any atom is 0.234 e. The van der Waals surface area contributed by atoms with Crippen LogP contribution in [0.4, 0.5) is 0 Å². The summed E-state index contributed by atoms with van der Waals surface area (Å²) in [5.41, 5.74) is 0. The molecule has 1 amide bonds. The molecule has 0 spiro atoms. The number of amides is 1. The van der Waals surface area contributed by atoms with Crippen molar-refractivity contribution in [3.05, 3.63) is 34.2 Å². The molecule has 0 atom stereocenters. The number of benzene rings is 1. The third kappa shape index (κ3) is 4.28. The standard InChI is InChI=1S/C18H24ClN3OS/c1-2-7-20-17(23)13-22-10-8-21(9-11-22)12-16-18(19)14-5-3-4-6-15(14)24-16/h3-6H,2,7-13H2,1H3,(H,20,23). The molecule has 2 heterocycles. The fourth-order valence-corrected chi connectivity index (χ4v) is 4.53. The number of piperazine rings is 1. The van der Waals surface area contributed by atoms with Crippen molar-refractivity contribution in [3.63, 3.8) is 0 Å². The van der Waals surface area contributed by atoms with Crippen LogP contribution < -0.4 is 5.32 Å². The number of halogens is 1. The van der Waals surface area contributed by atoms with Crippen LogP contribution in [0.1, 0.15) is 18.2 Å². The number of nitrogens with one attached hydrogen (secondary N) is 1. The monoisotopic (exact) mass is 365 g/mol. The van der Waals surface area contributed by atoms with Gasteiger partial charge in [-0.05, 0) is 12.5 Å². The van der Waals surface area contributed by atoms with E-state index in [0.717, 1.165) is 56.1 Å². The molecular weight excluding hydrogens is 342 g/mol. The zero-order valence-electron chi connectivity index (χ0n) is 14.1. The van der Waals surface area contributed by atoms with Crippen molar-refractivity contribution in [3.8, 4) is 0 Å². The Morgan fingerprint density at radius 2 is 1.92 bits per heavy atom. The summed E-state index contributed by atoms with van der Waals surface area (Å²) < 4.78 is 1.25. The van der Waals surface area contributed by atoms with E-state index in [4.69, 9.17) is 11.6 Å². The lowest BCUT2D eigenvalue weighted by Gasteiger charge is -2.34. The molecule has 4 nitrogen and oxygen atoms in total. The van der Waals surface area contributed by atoms with E-state index in [1.807, 2.05) is 6.07 Å². The number of carbonyl (C=O) groups is 1. The quantitative estimate of drug-likeness (QED) is 0.853. The van der Waals surface area contributed by atoms with Crippen LogP contribution in [-0.2, 0) is 11.3 Å². The second-order valence-corrected chi connectivity index (χ2v) is 7.75. The maximum absolute atomic E-state index is 11.8. The lowest BCUT2D eigenvalue weighted by atomic mass is 10.2. The second-order valence-electron chi connectivity index (χ2n) is 6.24. The first-order chi connectivity index (χ1) is 11.7. The number of carbonyl (C=O) groups excluding carboxylic acids is 1. The molecule has 0 aliphatic carbocycles. The zero-order valence-corrected chi connectivity index (χ0v) is 15.6. The fraction of sp³-hybridized carbons (Fsp3) is 0.500. The molecule has 3 rings (SSSR count). The van der Waals surface area contributed by atoms with Gasteiger partial charge in [-0.25, -0.2) is 0 Å². The van der Waals surface area contributed by atoms with E-state index >= 15 is 0 Å². The van der Waals surface area contributed by atoms with Gasteiger partial charge in [0, 0.05) is 54.2 Å². The van der Waals surface area contributed by atoms with Crippen LogP contribution in [0.15, 0.2) is 24.3 Å². The van der Waals surface area contributed by atoms with Crippen molar-refractivity contribution in [2.24, 2.45) is 0 Å². The summed E-state index contributed by atoms with van der Waals surface area (Å²) in [6, 6.07) is 8.31. The van der Waals surface area contributed by atoms with Crippen LogP contribution >= 0.6 is 22.9 Å². The predicted octanol–water partition coefficient (Wildman–Crippen LogP) is 3.20. The molecule has 1 aliphatic rings. The topological polar surface area (TPSA) is 35.6 Å². The molecule has 6 heteroatoms. The van der Waals surface area contributed by atoms with E-state index in [0.29, 0.717) is 6.54 Å². The molecule has 1 saturated heterocycles. The normalized spacial score (nSPS) is 16.6. The van der Waals surface area contributed by atoms with Gasteiger partial charge in [0.1, 0.15) is 0 Å². The number of hydrogen-bond acceptors (Lipinski definition) is 4. The van der Waals surface area contributed by atoms with Crippen LogP contribution in [0.25, 0.3) is 10.1 Å². The highest BCUT2D eigenvalue weighted by molar-refractivity contribution is 7.19. The molecule has 1 N–H and O–H groups in total. The summed E-state index contributed by atoms with van der Waals surface area (Å²) in [6.07, 6.45) is 0.982. The Kier molecular flexibility index (Phi) is 6.11. The Labute approximate surface area is 152 Å². The van der Waals surface area contributed by atoms with E-state index in [9.17, 15) is 4.79 Å². The van der Waals surface area contributed by atoms with Crippen LogP contribution in [0.3, 0.4) is 0 Å². The van der Waals surface area contributed by atoms with Gasteiger partial charge in [0.05, 0.1) is 11.6 Å². The predicted molar refractivity (Wildman–Crippen MR) is 102 cm³/mol. The van der Waals surface area contributed by atoms with Crippen molar-refractivity contribution >= 4 is 38.9 Å². The molecule has 1 aliphatic heterocycles. The van der Waals surface area contributed by atoms with E-state index in [-0.39, 0.29) is 5.91 Å². The SMILES string of the molecule is CCCNC(=O)CN1CCN(Cc2sc3ccccc3c2Cl)CC1. The van der Waals surface area contributed by atoms with Crippen LogP contribution in [0.5, 0.6) is 0 Å². The highest BCUT2D eigenvalue weighted by Gasteiger charge is 2.20. The minimum Gasteiger partial charge on any atom is -0.355 e. The summed E-state index contributed by atoms with van der Waals surface area (Å²) in [7, 11) is 0. The smallest absolute Gasteiger partial charge is 0.234 e. The van der Waals surface area contributed by atoms with Crippen LogP contribution in [-0.4, -0.2) is 55.0 Å². The Bertz CT molecular complexity index is 695. The molecule has 24 heavy (non-hydrogen) atoms. The van der Waals surface area contributed by atoms with Crippen molar-refractivity contribution in [2.45, 2.75) is 19.9 Å². The maximum atomic E-state index is 11.8. The minimum atomic E-state index is 0.137. The Balaban J connectivity index is 1.51. The molecule has 0 unspecified atom stereocenters. The number of fused-ring (bicyclic) bond motifs is 1.